The third-order valence-corrected chi connectivity index (χ3v) is 5.66. The lowest BCUT2D eigenvalue weighted by Crippen LogP contribution is -2.22. The molecule has 0 aliphatic carbocycles. The maximum absolute atomic E-state index is 12.7. The van der Waals surface area contributed by atoms with E-state index < -0.39 is 0 Å². The minimum Gasteiger partial charge on any atom is -0.468 e. The molecule has 0 radical (unpaired) electrons. The highest BCUT2D eigenvalue weighted by molar-refractivity contribution is 7.16. The van der Waals surface area contributed by atoms with Gasteiger partial charge in [0.1, 0.15) is 6.54 Å². The first-order chi connectivity index (χ1) is 12.9. The number of carbonyl (C=O) groups excluding carboxylic acids is 2. The summed E-state index contributed by atoms with van der Waals surface area (Å²) in [6.45, 7) is 6.07. The third-order valence-electron chi connectivity index (χ3n) is 4.62. The summed E-state index contributed by atoms with van der Waals surface area (Å²) < 4.78 is 7.54. The molecule has 1 heterocycles. The van der Waals surface area contributed by atoms with Crippen molar-refractivity contribution < 1.29 is 14.3 Å². The second-order valence-electron chi connectivity index (χ2n) is 6.42. The summed E-state index contributed by atoms with van der Waals surface area (Å²) in [5, 5.41) is 0. The topological polar surface area (TPSA) is 60.7 Å². The number of nitrogens with zero attached hydrogens (tertiary/aromatic N) is 2. The summed E-state index contributed by atoms with van der Waals surface area (Å²) in [6, 6.07) is 11.6. The van der Waals surface area contributed by atoms with Crippen LogP contribution in [0, 0.1) is 13.8 Å². The van der Waals surface area contributed by atoms with Crippen molar-refractivity contribution in [3.63, 3.8) is 0 Å². The van der Waals surface area contributed by atoms with Crippen LogP contribution in [0.15, 0.2) is 41.4 Å². The maximum atomic E-state index is 12.7. The second-order valence-corrected chi connectivity index (χ2v) is 7.43. The van der Waals surface area contributed by atoms with Gasteiger partial charge in [-0.3, -0.25) is 9.59 Å². The lowest BCUT2D eigenvalue weighted by molar-refractivity contribution is -0.141. The molecule has 0 saturated carbocycles. The minimum absolute atomic E-state index is 0.0149. The van der Waals surface area contributed by atoms with Gasteiger partial charge in [0.2, 0.25) is 0 Å². The summed E-state index contributed by atoms with van der Waals surface area (Å²) in [4.78, 5) is 29.4. The van der Waals surface area contributed by atoms with Crippen LogP contribution in [0.25, 0.3) is 10.2 Å². The molecule has 0 unspecified atom stereocenters. The van der Waals surface area contributed by atoms with Crippen molar-refractivity contribution in [1.29, 1.82) is 0 Å². The van der Waals surface area contributed by atoms with Crippen molar-refractivity contribution in [3.8, 4) is 0 Å². The molecule has 27 heavy (non-hydrogen) atoms. The Bertz CT molecular complexity index is 1090. The van der Waals surface area contributed by atoms with E-state index in [-0.39, 0.29) is 18.4 Å². The zero-order valence-electron chi connectivity index (χ0n) is 15.9. The molecule has 0 spiro atoms. The quantitative estimate of drug-likeness (QED) is 0.645. The zero-order chi connectivity index (χ0) is 19.6. The standard InChI is InChI=1S/C21H22N2O3S/c1-5-15-7-9-17-18(11-15)27-21(23(17)12-19(24)26-4)22-20(25)16-8-6-13(2)14(3)10-16/h6-11H,5,12H2,1-4H3. The van der Waals surface area contributed by atoms with Crippen LogP contribution < -0.4 is 4.80 Å². The van der Waals surface area contributed by atoms with Crippen molar-refractivity contribution in [2.45, 2.75) is 33.7 Å². The number of aryl methyl sites for hydroxylation is 3. The Morgan fingerprint density at radius 3 is 2.56 bits per heavy atom. The number of fused-ring (bicyclic) bond motifs is 1. The number of esters is 1. The summed E-state index contributed by atoms with van der Waals surface area (Å²) in [6.07, 6.45) is 0.916. The van der Waals surface area contributed by atoms with Crippen molar-refractivity contribution in [3.05, 3.63) is 63.5 Å². The van der Waals surface area contributed by atoms with Gasteiger partial charge in [0.15, 0.2) is 4.80 Å². The van der Waals surface area contributed by atoms with E-state index in [1.165, 1.54) is 24.0 Å². The Balaban J connectivity index is 2.14. The number of hydrogen-bond acceptors (Lipinski definition) is 4. The van der Waals surface area contributed by atoms with Gasteiger partial charge in [-0.2, -0.15) is 4.99 Å². The highest BCUT2D eigenvalue weighted by atomic mass is 32.1. The highest BCUT2D eigenvalue weighted by Crippen LogP contribution is 2.20. The fourth-order valence-corrected chi connectivity index (χ4v) is 3.89. The fourth-order valence-electron chi connectivity index (χ4n) is 2.80. The molecule has 3 rings (SSSR count). The van der Waals surface area contributed by atoms with Crippen LogP contribution in [0.1, 0.15) is 34.0 Å². The Hall–Kier alpha value is -2.73. The van der Waals surface area contributed by atoms with E-state index in [1.807, 2.05) is 38.1 Å². The number of hydrogen-bond donors (Lipinski definition) is 0. The Labute approximate surface area is 161 Å². The molecule has 2 aromatic carbocycles. The summed E-state index contributed by atoms with van der Waals surface area (Å²) in [5.41, 5.74) is 4.77. The molecule has 1 aromatic heterocycles. The molecular weight excluding hydrogens is 360 g/mol. The number of carbonyl (C=O) groups is 2. The summed E-state index contributed by atoms with van der Waals surface area (Å²) in [5.74, 6) is -0.701. The monoisotopic (exact) mass is 382 g/mol. The molecule has 1 amide bonds. The van der Waals surface area contributed by atoms with Crippen molar-refractivity contribution in [2.24, 2.45) is 4.99 Å². The van der Waals surface area contributed by atoms with Gasteiger partial charge < -0.3 is 9.30 Å². The first kappa shape index (κ1) is 19.0. The van der Waals surface area contributed by atoms with Crippen LogP contribution in [0.2, 0.25) is 0 Å². The average molecular weight is 382 g/mol. The van der Waals surface area contributed by atoms with E-state index in [2.05, 4.69) is 18.0 Å². The van der Waals surface area contributed by atoms with Crippen molar-refractivity contribution in [1.82, 2.24) is 4.57 Å². The summed E-state index contributed by atoms with van der Waals surface area (Å²) >= 11 is 1.40. The van der Waals surface area contributed by atoms with Gasteiger partial charge in [0.05, 0.1) is 17.3 Å². The molecule has 0 N–H and O–H groups in total. The molecule has 0 atom stereocenters. The van der Waals surface area contributed by atoms with Crippen LogP contribution >= 0.6 is 11.3 Å². The van der Waals surface area contributed by atoms with Gasteiger partial charge in [-0.25, -0.2) is 0 Å². The van der Waals surface area contributed by atoms with Crippen molar-refractivity contribution in [2.75, 3.05) is 7.11 Å². The van der Waals surface area contributed by atoms with Gasteiger partial charge in [0, 0.05) is 5.56 Å². The minimum atomic E-state index is -0.380. The molecule has 0 saturated heterocycles. The van der Waals surface area contributed by atoms with Gasteiger partial charge in [-0.15, -0.1) is 0 Å². The lowest BCUT2D eigenvalue weighted by Gasteiger charge is -2.04. The zero-order valence-corrected chi connectivity index (χ0v) is 16.7. The van der Waals surface area contributed by atoms with E-state index in [4.69, 9.17) is 4.74 Å². The molecule has 0 aliphatic heterocycles. The number of benzene rings is 2. The maximum Gasteiger partial charge on any atom is 0.325 e. The van der Waals surface area contributed by atoms with Crippen LogP contribution in [0.4, 0.5) is 0 Å². The first-order valence-electron chi connectivity index (χ1n) is 8.78. The Morgan fingerprint density at radius 1 is 1.11 bits per heavy atom. The van der Waals surface area contributed by atoms with Crippen LogP contribution in [0.5, 0.6) is 0 Å². The van der Waals surface area contributed by atoms with Crippen molar-refractivity contribution >= 4 is 33.4 Å². The van der Waals surface area contributed by atoms with Gasteiger partial charge in [-0.05, 0) is 61.2 Å². The molecule has 3 aromatic rings. The van der Waals surface area contributed by atoms with E-state index in [0.717, 1.165) is 27.8 Å². The number of amides is 1. The van der Waals surface area contributed by atoms with Gasteiger partial charge in [-0.1, -0.05) is 30.4 Å². The van der Waals surface area contributed by atoms with Crippen LogP contribution in [-0.4, -0.2) is 23.6 Å². The lowest BCUT2D eigenvalue weighted by atomic mass is 10.1. The Morgan fingerprint density at radius 2 is 1.89 bits per heavy atom. The van der Waals surface area contributed by atoms with E-state index in [9.17, 15) is 9.59 Å². The van der Waals surface area contributed by atoms with E-state index in [1.54, 1.807) is 10.6 Å². The predicted molar refractivity (Wildman–Crippen MR) is 107 cm³/mol. The Kier molecular flexibility index (Phi) is 5.56. The highest BCUT2D eigenvalue weighted by Gasteiger charge is 2.13. The predicted octanol–water partition coefficient (Wildman–Crippen LogP) is 3.80. The molecule has 0 aliphatic rings. The number of ether oxygens (including phenoxy) is 1. The fraction of sp³-hybridized carbons (Fsp3) is 0.286. The van der Waals surface area contributed by atoms with Gasteiger partial charge >= 0.3 is 5.97 Å². The average Bonchev–Trinajstić information content (AvgIpc) is 2.99. The smallest absolute Gasteiger partial charge is 0.325 e. The molecule has 140 valence electrons. The first-order valence-corrected chi connectivity index (χ1v) is 9.60. The number of thiazole rings is 1. The van der Waals surface area contributed by atoms with Crippen LogP contribution in [0.3, 0.4) is 0 Å². The molecule has 0 bridgehead atoms. The number of rotatable bonds is 4. The van der Waals surface area contributed by atoms with E-state index in [0.29, 0.717) is 10.4 Å². The third kappa shape index (κ3) is 4.01. The number of methoxy groups -OCH3 is 1. The largest absolute Gasteiger partial charge is 0.468 e. The molecular formula is C21H22N2O3S. The molecule has 5 nitrogen and oxygen atoms in total. The van der Waals surface area contributed by atoms with Gasteiger partial charge in [0.25, 0.3) is 5.91 Å². The van der Waals surface area contributed by atoms with Crippen LogP contribution in [-0.2, 0) is 22.5 Å². The number of aromatic nitrogens is 1. The molecule has 6 heteroatoms. The summed E-state index contributed by atoms with van der Waals surface area (Å²) in [7, 11) is 1.35. The SMILES string of the molecule is CCc1ccc2c(c1)sc(=NC(=O)c1ccc(C)c(C)c1)n2CC(=O)OC. The second kappa shape index (κ2) is 7.88. The van der Waals surface area contributed by atoms with E-state index >= 15 is 0 Å². The normalized spacial score (nSPS) is 11.8. The molecule has 0 fully saturated rings.